The second-order valence-electron chi connectivity index (χ2n) is 1.10. The minimum absolute atomic E-state index is 0.0301. The van der Waals surface area contributed by atoms with Crippen LogP contribution in [0.15, 0.2) is 18.4 Å². The van der Waals surface area contributed by atoms with E-state index in [4.69, 9.17) is 0 Å². The third-order valence-electron chi connectivity index (χ3n) is 0.507. The molecular weight excluding hydrogens is 120 g/mol. The molecule has 0 aromatic heterocycles. The van der Waals surface area contributed by atoms with Crippen molar-refractivity contribution in [2.24, 2.45) is 0 Å². The van der Waals surface area contributed by atoms with Gasteiger partial charge in [-0.1, -0.05) is 25.3 Å². The van der Waals surface area contributed by atoms with Gasteiger partial charge in [0.15, 0.2) is 0 Å². The topological polar surface area (TPSA) is 17.1 Å². The van der Waals surface area contributed by atoms with E-state index in [0.717, 1.165) is 5.75 Å². The van der Waals surface area contributed by atoms with Gasteiger partial charge in [0.25, 0.3) is 0 Å². The van der Waals surface area contributed by atoms with Crippen LogP contribution >= 0.6 is 11.8 Å². The van der Waals surface area contributed by atoms with Crippen molar-refractivity contribution in [3.8, 4) is 0 Å². The first-order chi connectivity index (χ1) is 3.81. The molecule has 0 aliphatic rings. The lowest BCUT2D eigenvalue weighted by atomic mass is 10.7. The van der Waals surface area contributed by atoms with Crippen molar-refractivity contribution in [2.45, 2.75) is 6.92 Å². The maximum Gasteiger partial charge on any atom is 0.219 e. The quantitative estimate of drug-likeness (QED) is 0.415. The van der Waals surface area contributed by atoms with Crippen LogP contribution in [0.2, 0.25) is 0 Å². The van der Waals surface area contributed by atoms with Crippen LogP contribution in [-0.2, 0) is 4.79 Å². The van der Waals surface area contributed by atoms with E-state index in [1.807, 2.05) is 6.92 Å². The van der Waals surface area contributed by atoms with Crippen molar-refractivity contribution in [2.75, 3.05) is 5.75 Å². The molecule has 0 radical (unpaired) electrons. The van der Waals surface area contributed by atoms with E-state index in [2.05, 4.69) is 12.3 Å². The Hall–Kier alpha value is -0.460. The minimum Gasteiger partial charge on any atom is -0.282 e. The second kappa shape index (κ2) is 4.69. The Labute approximate surface area is 53.5 Å². The molecule has 0 spiro atoms. The van der Waals surface area contributed by atoms with Crippen LogP contribution in [0.5, 0.6) is 0 Å². The maximum absolute atomic E-state index is 10.4. The molecule has 0 saturated heterocycles. The van der Waals surface area contributed by atoms with E-state index in [9.17, 15) is 4.79 Å². The lowest BCUT2D eigenvalue weighted by molar-refractivity contribution is -0.107. The predicted octanol–water partition coefficient (Wildman–Crippen LogP) is 1.61. The number of rotatable bonds is 2. The highest BCUT2D eigenvalue weighted by Gasteiger charge is 1.89. The molecule has 0 aliphatic carbocycles. The van der Waals surface area contributed by atoms with Gasteiger partial charge in [-0.15, -0.1) is 5.73 Å². The van der Waals surface area contributed by atoms with Crippen molar-refractivity contribution in [3.05, 3.63) is 18.4 Å². The minimum atomic E-state index is 0.0301. The zero-order chi connectivity index (χ0) is 6.41. The van der Waals surface area contributed by atoms with E-state index in [-0.39, 0.29) is 5.12 Å². The molecule has 0 aliphatic heterocycles. The SMILES string of the molecule is C=C=CC(=O)SCC. The summed E-state index contributed by atoms with van der Waals surface area (Å²) in [4.78, 5) is 10.4. The lowest BCUT2D eigenvalue weighted by Gasteiger charge is -1.82. The zero-order valence-corrected chi connectivity index (χ0v) is 5.62. The summed E-state index contributed by atoms with van der Waals surface area (Å²) in [6.07, 6.45) is 1.34. The summed E-state index contributed by atoms with van der Waals surface area (Å²) in [6.45, 7) is 5.20. The molecule has 0 aromatic rings. The van der Waals surface area contributed by atoms with Crippen LogP contribution in [0.25, 0.3) is 0 Å². The van der Waals surface area contributed by atoms with Crippen molar-refractivity contribution in [1.29, 1.82) is 0 Å². The van der Waals surface area contributed by atoms with Crippen molar-refractivity contribution in [1.82, 2.24) is 0 Å². The Balaban J connectivity index is 3.49. The maximum atomic E-state index is 10.4. The average molecular weight is 128 g/mol. The molecule has 0 aromatic carbocycles. The van der Waals surface area contributed by atoms with E-state index in [1.165, 1.54) is 17.8 Å². The predicted molar refractivity (Wildman–Crippen MR) is 36.8 cm³/mol. The fourth-order valence-corrected chi connectivity index (χ4v) is 0.718. The first-order valence-electron chi connectivity index (χ1n) is 2.33. The summed E-state index contributed by atoms with van der Waals surface area (Å²) in [5, 5.41) is 0.0301. The third kappa shape index (κ3) is 3.72. The van der Waals surface area contributed by atoms with Gasteiger partial charge < -0.3 is 0 Å². The molecule has 0 amide bonds. The van der Waals surface area contributed by atoms with Crippen molar-refractivity contribution in [3.63, 3.8) is 0 Å². The summed E-state index contributed by atoms with van der Waals surface area (Å²) in [5.41, 5.74) is 2.41. The normalized spacial score (nSPS) is 7.62. The van der Waals surface area contributed by atoms with Gasteiger partial charge in [-0.2, -0.15) is 0 Å². The van der Waals surface area contributed by atoms with E-state index >= 15 is 0 Å². The Morgan fingerprint density at radius 1 is 2.00 bits per heavy atom. The highest BCUT2D eigenvalue weighted by Crippen LogP contribution is 1.99. The summed E-state index contributed by atoms with van der Waals surface area (Å²) in [5.74, 6) is 0.816. The smallest absolute Gasteiger partial charge is 0.219 e. The van der Waals surface area contributed by atoms with Gasteiger partial charge in [-0.3, -0.25) is 4.79 Å². The first-order valence-corrected chi connectivity index (χ1v) is 3.32. The largest absolute Gasteiger partial charge is 0.282 e. The summed E-state index contributed by atoms with van der Waals surface area (Å²) in [7, 11) is 0. The van der Waals surface area contributed by atoms with Gasteiger partial charge in [0.05, 0.1) is 0 Å². The molecule has 0 saturated carbocycles. The molecule has 0 N–H and O–H groups in total. The Bertz CT molecular complexity index is 122. The van der Waals surface area contributed by atoms with E-state index < -0.39 is 0 Å². The van der Waals surface area contributed by atoms with Gasteiger partial charge in [-0.25, -0.2) is 0 Å². The third-order valence-corrected chi connectivity index (χ3v) is 1.20. The molecule has 0 rings (SSSR count). The monoisotopic (exact) mass is 128 g/mol. The molecule has 1 nitrogen and oxygen atoms in total. The molecule has 8 heavy (non-hydrogen) atoms. The zero-order valence-electron chi connectivity index (χ0n) is 4.81. The van der Waals surface area contributed by atoms with Crippen LogP contribution in [0.3, 0.4) is 0 Å². The fourth-order valence-electron chi connectivity index (χ4n) is 0.267. The summed E-state index contributed by atoms with van der Waals surface area (Å²) in [6, 6.07) is 0. The molecular formula is C6H8OS. The van der Waals surface area contributed by atoms with Gasteiger partial charge in [0.1, 0.15) is 0 Å². The first kappa shape index (κ1) is 7.54. The van der Waals surface area contributed by atoms with E-state index in [1.54, 1.807) is 0 Å². The molecule has 0 atom stereocenters. The van der Waals surface area contributed by atoms with Gasteiger partial charge >= 0.3 is 0 Å². The highest BCUT2D eigenvalue weighted by atomic mass is 32.2. The second-order valence-corrected chi connectivity index (χ2v) is 2.37. The Morgan fingerprint density at radius 3 is 3.00 bits per heavy atom. The number of carbonyl (C=O) groups is 1. The van der Waals surface area contributed by atoms with Crippen LogP contribution in [0.4, 0.5) is 0 Å². The van der Waals surface area contributed by atoms with Crippen molar-refractivity contribution >= 4 is 16.9 Å². The summed E-state index contributed by atoms with van der Waals surface area (Å²) < 4.78 is 0. The van der Waals surface area contributed by atoms with Crippen LogP contribution < -0.4 is 0 Å². The fraction of sp³-hybridized carbons (Fsp3) is 0.333. The number of hydrogen-bond donors (Lipinski definition) is 0. The van der Waals surface area contributed by atoms with Gasteiger partial charge in [-0.05, 0) is 5.75 Å². The lowest BCUT2D eigenvalue weighted by Crippen LogP contribution is -1.82. The average Bonchev–Trinajstić information content (AvgIpc) is 1.68. The molecule has 0 heterocycles. The highest BCUT2D eigenvalue weighted by molar-refractivity contribution is 8.14. The molecule has 0 fully saturated rings. The van der Waals surface area contributed by atoms with Gasteiger partial charge in [0.2, 0.25) is 5.12 Å². The Morgan fingerprint density at radius 2 is 2.62 bits per heavy atom. The van der Waals surface area contributed by atoms with Crippen LogP contribution in [-0.4, -0.2) is 10.9 Å². The van der Waals surface area contributed by atoms with Crippen LogP contribution in [0.1, 0.15) is 6.92 Å². The number of carbonyl (C=O) groups excluding carboxylic acids is 1. The standard InChI is InChI=1S/C6H8OS/c1-3-5-6(7)8-4-2/h5H,1,4H2,2H3. The summed E-state index contributed by atoms with van der Waals surface area (Å²) >= 11 is 1.26. The molecule has 44 valence electrons. The number of hydrogen-bond acceptors (Lipinski definition) is 2. The van der Waals surface area contributed by atoms with Crippen LogP contribution in [0, 0.1) is 0 Å². The molecule has 0 bridgehead atoms. The molecule has 0 unspecified atom stereocenters. The molecule has 2 heteroatoms. The Kier molecular flexibility index (Phi) is 4.42. The number of thioether (sulfide) groups is 1. The van der Waals surface area contributed by atoms with Crippen molar-refractivity contribution < 1.29 is 4.79 Å². The van der Waals surface area contributed by atoms with E-state index in [0.29, 0.717) is 0 Å². The van der Waals surface area contributed by atoms with Gasteiger partial charge in [0, 0.05) is 6.08 Å².